The Morgan fingerprint density at radius 1 is 1.17 bits per heavy atom. The number of β-lactam (4-membered cyclic amide) rings is 1. The van der Waals surface area contributed by atoms with Crippen LogP contribution in [0.3, 0.4) is 0 Å². The maximum Gasteiger partial charge on any atom is 0.352 e. The second-order valence-corrected chi connectivity index (χ2v) is 14.2. The van der Waals surface area contributed by atoms with Gasteiger partial charge in [0.2, 0.25) is 27.0 Å². The number of hydrogen-bond acceptors (Lipinski definition) is 14. The number of phenols is 1. The van der Waals surface area contributed by atoms with E-state index in [9.17, 15) is 42.6 Å². The third-order valence-corrected chi connectivity index (χ3v) is 9.95. The van der Waals surface area contributed by atoms with Crippen LogP contribution in [0.1, 0.15) is 11.6 Å². The van der Waals surface area contributed by atoms with Gasteiger partial charge in [-0.3, -0.25) is 28.6 Å². The van der Waals surface area contributed by atoms with Gasteiger partial charge in [-0.2, -0.15) is 0 Å². The molecule has 1 fully saturated rings. The summed E-state index contributed by atoms with van der Waals surface area (Å²) in [6.45, 7) is 0. The van der Waals surface area contributed by atoms with Gasteiger partial charge in [-0.1, -0.05) is 23.9 Å². The van der Waals surface area contributed by atoms with Crippen molar-refractivity contribution in [2.45, 2.75) is 22.6 Å². The minimum atomic E-state index is -3.76. The number of carboxylic acids is 1. The van der Waals surface area contributed by atoms with E-state index in [2.05, 4.69) is 41.2 Å². The van der Waals surface area contributed by atoms with Crippen molar-refractivity contribution < 1.29 is 37.8 Å². The summed E-state index contributed by atoms with van der Waals surface area (Å²) in [4.78, 5) is 69.8. The summed E-state index contributed by atoms with van der Waals surface area (Å²) >= 11 is 2.45. The van der Waals surface area contributed by atoms with Crippen molar-refractivity contribution in [3.63, 3.8) is 0 Å². The average molecular weight is 722 g/mol. The largest absolute Gasteiger partial charge is 0.508 e. The fourth-order valence-corrected chi connectivity index (χ4v) is 7.53. The zero-order chi connectivity index (χ0) is 34.9. The van der Waals surface area contributed by atoms with Crippen molar-refractivity contribution in [1.82, 2.24) is 45.3 Å². The monoisotopic (exact) mass is 721 g/mol. The first kappa shape index (κ1) is 34.2. The number of urea groups is 1. The number of thioether (sulfide) groups is 2. The van der Waals surface area contributed by atoms with Crippen LogP contribution in [0.2, 0.25) is 0 Å². The molecule has 2 aromatic heterocycles. The lowest BCUT2D eigenvalue weighted by Crippen LogP contribution is -2.71. The zero-order valence-electron chi connectivity index (χ0n) is 25.1. The Balaban J connectivity index is 1.31. The van der Waals surface area contributed by atoms with Gasteiger partial charge < -0.3 is 26.2 Å². The van der Waals surface area contributed by atoms with Gasteiger partial charge in [0.15, 0.2) is 0 Å². The van der Waals surface area contributed by atoms with E-state index in [0.29, 0.717) is 10.7 Å². The number of nitrogens with one attached hydrogen (secondary N) is 4. The fraction of sp³-hybridized carbons (Fsp3) is 0.320. The first-order valence-electron chi connectivity index (χ1n) is 13.6. The van der Waals surface area contributed by atoms with Crippen LogP contribution >= 0.6 is 23.5 Å². The molecule has 1 unspecified atom stereocenters. The molecule has 3 aromatic rings. The number of fused-ring (bicyclic) bond motifs is 1. The number of carboxylic acid groups (broad SMARTS) is 1. The van der Waals surface area contributed by atoms with Crippen molar-refractivity contribution in [2.24, 2.45) is 14.1 Å². The number of tetrazole rings is 1. The topological polar surface area (TPSA) is 273 Å². The van der Waals surface area contributed by atoms with E-state index in [1.165, 1.54) is 59.5 Å². The number of benzene rings is 1. The number of nitrogens with zero attached hydrogens (tertiary/aromatic N) is 7. The van der Waals surface area contributed by atoms with Gasteiger partial charge in [-0.25, -0.2) is 27.7 Å². The van der Waals surface area contributed by atoms with E-state index in [1.54, 1.807) is 7.05 Å². The predicted molar refractivity (Wildman–Crippen MR) is 170 cm³/mol. The van der Waals surface area contributed by atoms with Crippen molar-refractivity contribution in [2.75, 3.05) is 27.8 Å². The summed E-state index contributed by atoms with van der Waals surface area (Å²) in [6.07, 6.45) is 1.80. The molecule has 3 atom stereocenters. The van der Waals surface area contributed by atoms with Crippen LogP contribution in [-0.2, 0) is 38.5 Å². The highest BCUT2D eigenvalue weighted by Crippen LogP contribution is 2.41. The number of anilines is 2. The van der Waals surface area contributed by atoms with Crippen molar-refractivity contribution in [1.29, 1.82) is 0 Å². The molecule has 0 radical (unpaired) electrons. The molecule has 20 nitrogen and oxygen atoms in total. The Bertz CT molecular complexity index is 2000. The molecule has 4 heterocycles. The van der Waals surface area contributed by atoms with Gasteiger partial charge in [-0.15, -0.1) is 16.9 Å². The summed E-state index contributed by atoms with van der Waals surface area (Å²) in [5, 5.41) is 37.8. The average Bonchev–Trinajstić information content (AvgIpc) is 3.44. The molecular formula is C25H27N11O9S3. The summed E-state index contributed by atoms with van der Waals surface area (Å²) in [7, 11) is -0.898. The standard InChI is InChI=1S/C25H27N11O9S3/c1-34-19(39)14(8-26-23(34)31-48(3,44)45)27-24(43)29-15(11-4-6-13(37)7-5-11)18(38)28-16-20(40)36-17(22(41)42)12(9-46-21(16)36)10-47-25-30-32-33-35(25)2/h4-8,15-16,21,37H,9-10H2,1-3H3,(H,26,31)(H,28,38)(H,41,42)(H2,27,29,43)/t15-,16?,21-/m1/s1. The molecule has 6 N–H and O–H groups in total. The van der Waals surface area contributed by atoms with Crippen LogP contribution in [-0.4, -0.2) is 106 Å². The lowest BCUT2D eigenvalue weighted by Gasteiger charge is -2.49. The lowest BCUT2D eigenvalue weighted by molar-refractivity contribution is -0.150. The maximum atomic E-state index is 13.6. The van der Waals surface area contributed by atoms with Gasteiger partial charge in [0.1, 0.15) is 34.6 Å². The second kappa shape index (κ2) is 13.5. The number of hydrogen-bond donors (Lipinski definition) is 6. The number of aryl methyl sites for hydroxylation is 1. The Morgan fingerprint density at radius 3 is 2.50 bits per heavy atom. The number of aliphatic carboxylic acids is 1. The number of carbonyl (C=O) groups is 4. The predicted octanol–water partition coefficient (Wildman–Crippen LogP) is -1.23. The smallest absolute Gasteiger partial charge is 0.352 e. The summed E-state index contributed by atoms with van der Waals surface area (Å²) in [5.74, 6) is -2.81. The molecule has 1 aromatic carbocycles. The second-order valence-electron chi connectivity index (χ2n) is 10.4. The van der Waals surface area contributed by atoms with Crippen LogP contribution in [0.25, 0.3) is 0 Å². The third-order valence-electron chi connectivity index (χ3n) is 6.96. The molecule has 48 heavy (non-hydrogen) atoms. The van der Waals surface area contributed by atoms with Crippen LogP contribution in [0.4, 0.5) is 16.4 Å². The molecule has 2 aliphatic heterocycles. The zero-order valence-corrected chi connectivity index (χ0v) is 27.6. The van der Waals surface area contributed by atoms with E-state index in [4.69, 9.17) is 0 Å². The Kier molecular flexibility index (Phi) is 9.63. The molecule has 5 rings (SSSR count). The minimum absolute atomic E-state index is 0.125. The highest BCUT2D eigenvalue weighted by atomic mass is 32.2. The molecule has 0 saturated carbocycles. The molecule has 1 saturated heterocycles. The number of aromatic hydroxyl groups is 1. The van der Waals surface area contributed by atoms with Crippen LogP contribution in [0, 0.1) is 0 Å². The van der Waals surface area contributed by atoms with Crippen LogP contribution < -0.4 is 26.2 Å². The number of rotatable bonds is 11. The minimum Gasteiger partial charge on any atom is -0.508 e. The molecule has 0 aliphatic carbocycles. The highest BCUT2D eigenvalue weighted by Gasteiger charge is 2.54. The van der Waals surface area contributed by atoms with Gasteiger partial charge in [0.05, 0.1) is 12.5 Å². The number of phenolic OH excluding ortho intramolecular Hbond substituents is 1. The first-order valence-corrected chi connectivity index (χ1v) is 17.5. The molecular weight excluding hydrogens is 695 g/mol. The molecule has 2 aliphatic rings. The van der Waals surface area contributed by atoms with E-state index in [-0.39, 0.29) is 40.2 Å². The summed E-state index contributed by atoms with van der Waals surface area (Å²) in [5.41, 5.74) is -0.699. The first-order chi connectivity index (χ1) is 22.6. The normalized spacial score (nSPS) is 18.0. The summed E-state index contributed by atoms with van der Waals surface area (Å²) < 4.78 is 27.4. The van der Waals surface area contributed by atoms with Gasteiger partial charge in [0.25, 0.3) is 11.5 Å². The highest BCUT2D eigenvalue weighted by molar-refractivity contribution is 8.01. The number of amides is 4. The molecule has 254 valence electrons. The molecule has 0 spiro atoms. The fourth-order valence-electron chi connectivity index (χ4n) is 4.67. The summed E-state index contributed by atoms with van der Waals surface area (Å²) in [6, 6.07) is 1.65. The SMILES string of the molecule is Cn1nnnc1SCC1=C(C(=O)O)N2C(=O)C(NC(=O)[C@H](NC(=O)Nc3cnc(NS(C)(=O)=O)n(C)c3=O)c3ccc(O)cc3)[C@H]2SC1. The lowest BCUT2D eigenvalue weighted by atomic mass is 10.0. The van der Waals surface area contributed by atoms with E-state index in [0.717, 1.165) is 21.9 Å². The van der Waals surface area contributed by atoms with Crippen molar-refractivity contribution >= 4 is 69.0 Å². The van der Waals surface area contributed by atoms with Crippen LogP contribution in [0.5, 0.6) is 5.75 Å². The van der Waals surface area contributed by atoms with Gasteiger partial charge >= 0.3 is 12.0 Å². The Hall–Kier alpha value is -5.16. The van der Waals surface area contributed by atoms with E-state index < -0.39 is 56.9 Å². The van der Waals surface area contributed by atoms with Crippen molar-refractivity contribution in [3.05, 3.63) is 57.6 Å². The van der Waals surface area contributed by atoms with Crippen LogP contribution in [0.15, 0.2) is 51.7 Å². The number of sulfonamides is 1. The van der Waals surface area contributed by atoms with Crippen molar-refractivity contribution in [3.8, 4) is 5.75 Å². The van der Waals surface area contributed by atoms with E-state index >= 15 is 0 Å². The van der Waals surface area contributed by atoms with E-state index in [1.807, 2.05) is 0 Å². The molecule has 4 amide bonds. The number of carbonyl (C=O) groups excluding carboxylic acids is 3. The Labute approximate surface area is 279 Å². The van der Waals surface area contributed by atoms with Gasteiger partial charge in [0, 0.05) is 25.6 Å². The van der Waals surface area contributed by atoms with Gasteiger partial charge in [-0.05, 0) is 33.7 Å². The third kappa shape index (κ3) is 7.21. The molecule has 0 bridgehead atoms. The maximum absolute atomic E-state index is 13.6. The quantitative estimate of drug-likeness (QED) is 0.1000. The number of aromatic nitrogens is 6. The molecule has 23 heteroatoms. The Morgan fingerprint density at radius 2 is 1.88 bits per heavy atom.